The molecule has 1 aromatic heterocycles. The number of carbonyl (C=O) groups is 2. The van der Waals surface area contributed by atoms with Gasteiger partial charge in [-0.1, -0.05) is 26.0 Å². The van der Waals surface area contributed by atoms with Crippen LogP contribution in [0.2, 0.25) is 0 Å². The summed E-state index contributed by atoms with van der Waals surface area (Å²) in [6.07, 6.45) is 0. The van der Waals surface area contributed by atoms with Crippen molar-refractivity contribution in [3.63, 3.8) is 0 Å². The van der Waals surface area contributed by atoms with Crippen molar-refractivity contribution in [3.05, 3.63) is 41.6 Å². The molecule has 0 aliphatic carbocycles. The first-order chi connectivity index (χ1) is 12.3. The lowest BCUT2D eigenvalue weighted by Gasteiger charge is -2.16. The van der Waals surface area contributed by atoms with Gasteiger partial charge < -0.3 is 20.5 Å². The third-order valence-corrected chi connectivity index (χ3v) is 3.94. The molecule has 26 heavy (non-hydrogen) atoms. The van der Waals surface area contributed by atoms with Crippen LogP contribution in [0.15, 0.2) is 30.3 Å². The van der Waals surface area contributed by atoms with Crippen LogP contribution in [0.3, 0.4) is 0 Å². The smallest absolute Gasteiger partial charge is 0.358 e. The predicted molar refractivity (Wildman–Crippen MR) is 97.1 cm³/mol. The van der Waals surface area contributed by atoms with E-state index in [4.69, 9.17) is 15.2 Å². The summed E-state index contributed by atoms with van der Waals surface area (Å²) in [6, 6.07) is 8.22. The third kappa shape index (κ3) is 4.60. The highest BCUT2D eigenvalue weighted by molar-refractivity contribution is 5.95. The van der Waals surface area contributed by atoms with Crippen LogP contribution in [0.4, 0.5) is 5.82 Å². The van der Waals surface area contributed by atoms with Crippen molar-refractivity contribution in [1.82, 2.24) is 9.78 Å². The molecule has 0 spiro atoms. The summed E-state index contributed by atoms with van der Waals surface area (Å²) in [5, 5.41) is 6.97. The van der Waals surface area contributed by atoms with E-state index in [0.29, 0.717) is 12.4 Å². The van der Waals surface area contributed by atoms with Gasteiger partial charge in [-0.15, -0.1) is 0 Å². The Morgan fingerprint density at radius 2 is 1.88 bits per heavy atom. The van der Waals surface area contributed by atoms with Crippen LogP contribution in [0, 0.1) is 5.92 Å². The summed E-state index contributed by atoms with van der Waals surface area (Å²) in [4.78, 5) is 24.1. The minimum Gasteiger partial charge on any atom is -0.497 e. The Balaban J connectivity index is 2.28. The molecule has 1 amide bonds. The minimum atomic E-state index is -0.666. The molecular formula is C18H24N4O4. The van der Waals surface area contributed by atoms with Crippen LogP contribution in [-0.2, 0) is 16.1 Å². The molecule has 0 unspecified atom stereocenters. The van der Waals surface area contributed by atoms with E-state index in [1.807, 2.05) is 38.1 Å². The van der Waals surface area contributed by atoms with Crippen molar-refractivity contribution in [2.45, 2.75) is 26.4 Å². The number of benzene rings is 1. The first kappa shape index (κ1) is 19.5. The first-order valence-electron chi connectivity index (χ1n) is 8.21. The van der Waals surface area contributed by atoms with Crippen LogP contribution >= 0.6 is 0 Å². The molecular weight excluding hydrogens is 336 g/mol. The van der Waals surface area contributed by atoms with Gasteiger partial charge in [0.1, 0.15) is 11.6 Å². The molecule has 0 saturated carbocycles. The van der Waals surface area contributed by atoms with E-state index in [-0.39, 0.29) is 17.5 Å². The number of methoxy groups -OCH3 is 2. The van der Waals surface area contributed by atoms with E-state index in [1.54, 1.807) is 7.11 Å². The second kappa shape index (κ2) is 8.48. The van der Waals surface area contributed by atoms with Crippen LogP contribution in [0.1, 0.15) is 29.9 Å². The van der Waals surface area contributed by atoms with Crippen molar-refractivity contribution in [2.75, 3.05) is 19.5 Å². The molecule has 1 atom stereocenters. The maximum absolute atomic E-state index is 12.3. The van der Waals surface area contributed by atoms with Gasteiger partial charge in [-0.25, -0.2) is 9.48 Å². The van der Waals surface area contributed by atoms with E-state index in [0.717, 1.165) is 11.3 Å². The zero-order valence-electron chi connectivity index (χ0n) is 15.4. The third-order valence-electron chi connectivity index (χ3n) is 3.94. The second-order valence-electron chi connectivity index (χ2n) is 6.17. The fourth-order valence-corrected chi connectivity index (χ4v) is 2.26. The van der Waals surface area contributed by atoms with E-state index >= 15 is 0 Å². The molecule has 1 heterocycles. The Morgan fingerprint density at radius 3 is 2.42 bits per heavy atom. The standard InChI is InChI=1S/C18H24N4O4/c1-11(2)16(19)17(23)20-15-9-14(18(24)26-4)21-22(15)10-12-5-7-13(25-3)8-6-12/h5-9,11,16H,10,19H2,1-4H3,(H,20,23)/t16-/m0/s1. The van der Waals surface area contributed by atoms with Gasteiger partial charge >= 0.3 is 5.97 Å². The SMILES string of the molecule is COC(=O)c1cc(NC(=O)[C@@H](N)C(C)C)n(Cc2ccc(OC)cc2)n1. The Labute approximate surface area is 152 Å². The molecule has 3 N–H and O–H groups in total. The average molecular weight is 360 g/mol. The van der Waals surface area contributed by atoms with Gasteiger partial charge in [-0.2, -0.15) is 5.10 Å². The number of nitrogens with one attached hydrogen (secondary N) is 1. The molecule has 0 bridgehead atoms. The number of carbonyl (C=O) groups excluding carboxylic acids is 2. The number of amides is 1. The number of ether oxygens (including phenoxy) is 2. The molecule has 1 aromatic carbocycles. The Hall–Kier alpha value is -2.87. The fourth-order valence-electron chi connectivity index (χ4n) is 2.26. The molecule has 0 aliphatic rings. The number of aromatic nitrogens is 2. The summed E-state index contributed by atoms with van der Waals surface area (Å²) in [5.41, 5.74) is 6.92. The molecule has 0 aliphatic heterocycles. The monoisotopic (exact) mass is 360 g/mol. The summed E-state index contributed by atoms with van der Waals surface area (Å²) >= 11 is 0. The van der Waals surface area contributed by atoms with Gasteiger partial charge in [0.05, 0.1) is 26.8 Å². The largest absolute Gasteiger partial charge is 0.497 e. The maximum Gasteiger partial charge on any atom is 0.358 e. The van der Waals surface area contributed by atoms with Crippen molar-refractivity contribution in [1.29, 1.82) is 0 Å². The van der Waals surface area contributed by atoms with Crippen molar-refractivity contribution in [3.8, 4) is 5.75 Å². The summed E-state index contributed by atoms with van der Waals surface area (Å²) < 4.78 is 11.4. The molecule has 8 heteroatoms. The summed E-state index contributed by atoms with van der Waals surface area (Å²) in [5.74, 6) is 0.172. The topological polar surface area (TPSA) is 108 Å². The zero-order chi connectivity index (χ0) is 19.3. The van der Waals surface area contributed by atoms with Gasteiger partial charge in [-0.05, 0) is 23.6 Å². The van der Waals surface area contributed by atoms with Gasteiger partial charge in [0, 0.05) is 6.07 Å². The van der Waals surface area contributed by atoms with Gasteiger partial charge in [0.15, 0.2) is 5.69 Å². The normalized spacial score (nSPS) is 11.9. The second-order valence-corrected chi connectivity index (χ2v) is 6.17. The molecule has 2 rings (SSSR count). The molecule has 140 valence electrons. The molecule has 0 fully saturated rings. The number of hydrogen-bond acceptors (Lipinski definition) is 6. The summed E-state index contributed by atoms with van der Waals surface area (Å²) in [6.45, 7) is 4.07. The lowest BCUT2D eigenvalue weighted by atomic mass is 10.1. The Morgan fingerprint density at radius 1 is 1.23 bits per heavy atom. The first-order valence-corrected chi connectivity index (χ1v) is 8.21. The molecule has 0 saturated heterocycles. The highest BCUT2D eigenvalue weighted by Crippen LogP contribution is 2.17. The number of hydrogen-bond donors (Lipinski definition) is 2. The average Bonchev–Trinajstić information content (AvgIpc) is 3.03. The fraction of sp³-hybridized carbons (Fsp3) is 0.389. The number of anilines is 1. The highest BCUT2D eigenvalue weighted by atomic mass is 16.5. The molecule has 8 nitrogen and oxygen atoms in total. The molecule has 2 aromatic rings. The van der Waals surface area contributed by atoms with E-state index < -0.39 is 12.0 Å². The van der Waals surface area contributed by atoms with Crippen LogP contribution in [0.5, 0.6) is 5.75 Å². The van der Waals surface area contributed by atoms with Crippen molar-refractivity contribution < 1.29 is 19.1 Å². The Kier molecular flexibility index (Phi) is 6.35. The highest BCUT2D eigenvalue weighted by Gasteiger charge is 2.21. The van der Waals surface area contributed by atoms with Crippen molar-refractivity contribution >= 4 is 17.7 Å². The number of esters is 1. The number of nitrogens with zero attached hydrogens (tertiary/aromatic N) is 2. The van der Waals surface area contributed by atoms with E-state index in [1.165, 1.54) is 17.9 Å². The van der Waals surface area contributed by atoms with E-state index in [9.17, 15) is 9.59 Å². The lowest BCUT2D eigenvalue weighted by Crippen LogP contribution is -2.40. The lowest BCUT2D eigenvalue weighted by molar-refractivity contribution is -0.118. The Bertz CT molecular complexity index is 768. The van der Waals surface area contributed by atoms with Gasteiger partial charge in [0.25, 0.3) is 0 Å². The van der Waals surface area contributed by atoms with Crippen LogP contribution in [0.25, 0.3) is 0 Å². The molecule has 0 radical (unpaired) electrons. The van der Waals surface area contributed by atoms with E-state index in [2.05, 4.69) is 10.4 Å². The summed E-state index contributed by atoms with van der Waals surface area (Å²) in [7, 11) is 2.87. The van der Waals surface area contributed by atoms with Crippen molar-refractivity contribution in [2.24, 2.45) is 11.7 Å². The minimum absolute atomic E-state index is 0.0203. The zero-order valence-corrected chi connectivity index (χ0v) is 15.4. The number of rotatable bonds is 7. The number of nitrogens with two attached hydrogens (primary N) is 1. The van der Waals surface area contributed by atoms with Crippen LogP contribution in [-0.4, -0.2) is 41.9 Å². The predicted octanol–water partition coefficient (Wildman–Crippen LogP) is 1.65. The van der Waals surface area contributed by atoms with Gasteiger partial charge in [0.2, 0.25) is 5.91 Å². The van der Waals surface area contributed by atoms with Crippen LogP contribution < -0.4 is 15.8 Å². The van der Waals surface area contributed by atoms with Gasteiger partial charge in [-0.3, -0.25) is 4.79 Å². The maximum atomic E-state index is 12.3. The quantitative estimate of drug-likeness (QED) is 0.727.